The van der Waals surface area contributed by atoms with Gasteiger partial charge in [0.25, 0.3) is 5.78 Å². The number of benzene rings is 1. The number of carboxylic acid groups (broad SMARTS) is 1. The van der Waals surface area contributed by atoms with Crippen LogP contribution in [-0.2, 0) is 4.79 Å². The Morgan fingerprint density at radius 1 is 1.00 bits per heavy atom. The molecule has 2 rings (SSSR count). The number of carbonyl (C=O) groups is 2. The van der Waals surface area contributed by atoms with Crippen LogP contribution in [0.4, 0.5) is 17.6 Å². The van der Waals surface area contributed by atoms with Crippen molar-refractivity contribution in [2.24, 2.45) is 0 Å². The average molecular weight is 289 g/mol. The standard InChI is InChI=1S/C11H3F4NO4/c12-4-3-8(7(15)6(14)5(4)13)16-1-2(9(3)17)10(18)11(19)20/h1H,(H,16,17)(H,19,20). The molecule has 0 spiro atoms. The van der Waals surface area contributed by atoms with Gasteiger partial charge in [0.1, 0.15) is 0 Å². The van der Waals surface area contributed by atoms with E-state index in [-0.39, 0.29) is 0 Å². The van der Waals surface area contributed by atoms with Crippen molar-refractivity contribution in [3.8, 4) is 0 Å². The van der Waals surface area contributed by atoms with Gasteiger partial charge < -0.3 is 10.1 Å². The largest absolute Gasteiger partial charge is 0.475 e. The van der Waals surface area contributed by atoms with Gasteiger partial charge in [0, 0.05) is 6.20 Å². The molecule has 0 aliphatic rings. The lowest BCUT2D eigenvalue weighted by Gasteiger charge is -2.05. The zero-order valence-electron chi connectivity index (χ0n) is 9.26. The number of aromatic nitrogens is 1. The lowest BCUT2D eigenvalue weighted by Crippen LogP contribution is -2.23. The summed E-state index contributed by atoms with van der Waals surface area (Å²) in [6, 6.07) is 0. The number of Topliss-reactive ketones (excluding diaryl/α,β-unsaturated/α-hetero) is 1. The average Bonchev–Trinajstić information content (AvgIpc) is 2.41. The Balaban J connectivity index is 2.98. The quantitative estimate of drug-likeness (QED) is 0.287. The molecule has 0 fully saturated rings. The van der Waals surface area contributed by atoms with Crippen molar-refractivity contribution in [1.82, 2.24) is 4.98 Å². The van der Waals surface area contributed by atoms with Crippen LogP contribution in [0.5, 0.6) is 0 Å². The van der Waals surface area contributed by atoms with Gasteiger partial charge in [0.15, 0.2) is 23.3 Å². The van der Waals surface area contributed by atoms with Crippen LogP contribution in [0, 0.1) is 23.3 Å². The summed E-state index contributed by atoms with van der Waals surface area (Å²) in [5.74, 6) is -12.0. The highest BCUT2D eigenvalue weighted by atomic mass is 19.2. The fourth-order valence-electron chi connectivity index (χ4n) is 1.61. The molecule has 0 unspecified atom stereocenters. The second-order valence-electron chi connectivity index (χ2n) is 3.67. The van der Waals surface area contributed by atoms with E-state index in [0.717, 1.165) is 0 Å². The predicted octanol–water partition coefficient (Wildman–Crippen LogP) is 1.35. The van der Waals surface area contributed by atoms with Gasteiger partial charge in [-0.25, -0.2) is 22.4 Å². The number of halogens is 4. The molecule has 1 aromatic heterocycles. The Labute approximate surface area is 106 Å². The number of hydrogen-bond acceptors (Lipinski definition) is 3. The van der Waals surface area contributed by atoms with Crippen molar-refractivity contribution in [3.63, 3.8) is 0 Å². The maximum atomic E-state index is 13.5. The van der Waals surface area contributed by atoms with Crippen LogP contribution in [0.25, 0.3) is 10.9 Å². The van der Waals surface area contributed by atoms with Gasteiger partial charge in [-0.05, 0) is 0 Å². The first-order chi connectivity index (χ1) is 9.27. The van der Waals surface area contributed by atoms with Crippen molar-refractivity contribution in [2.45, 2.75) is 0 Å². The maximum Gasteiger partial charge on any atom is 0.377 e. The molecule has 0 bridgehead atoms. The monoisotopic (exact) mass is 289 g/mol. The van der Waals surface area contributed by atoms with Crippen LogP contribution in [0.3, 0.4) is 0 Å². The summed E-state index contributed by atoms with van der Waals surface area (Å²) in [7, 11) is 0. The number of pyridine rings is 1. The van der Waals surface area contributed by atoms with Crippen LogP contribution in [0.15, 0.2) is 11.0 Å². The molecule has 5 nitrogen and oxygen atoms in total. The van der Waals surface area contributed by atoms with Crippen molar-refractivity contribution < 1.29 is 32.3 Å². The molecule has 1 heterocycles. The summed E-state index contributed by atoms with van der Waals surface area (Å²) in [4.78, 5) is 35.2. The van der Waals surface area contributed by atoms with Crippen molar-refractivity contribution >= 4 is 22.7 Å². The number of carboxylic acids is 1. The van der Waals surface area contributed by atoms with Gasteiger partial charge in [-0.3, -0.25) is 9.59 Å². The topological polar surface area (TPSA) is 87.2 Å². The third-order valence-corrected chi connectivity index (χ3v) is 2.54. The van der Waals surface area contributed by atoms with E-state index in [1.54, 1.807) is 0 Å². The van der Waals surface area contributed by atoms with E-state index in [1.807, 2.05) is 4.98 Å². The molecular weight excluding hydrogens is 286 g/mol. The molecule has 2 N–H and O–H groups in total. The molecule has 1 aromatic carbocycles. The molecule has 0 saturated carbocycles. The van der Waals surface area contributed by atoms with E-state index < -0.39 is 56.9 Å². The van der Waals surface area contributed by atoms with Crippen LogP contribution in [0.1, 0.15) is 10.4 Å². The maximum absolute atomic E-state index is 13.5. The van der Waals surface area contributed by atoms with E-state index in [2.05, 4.69) is 0 Å². The highest BCUT2D eigenvalue weighted by Gasteiger charge is 2.26. The highest BCUT2D eigenvalue weighted by molar-refractivity contribution is 6.40. The number of aromatic amines is 1. The first-order valence-electron chi connectivity index (χ1n) is 4.92. The molecule has 104 valence electrons. The summed E-state index contributed by atoms with van der Waals surface area (Å²) in [6.07, 6.45) is 0.487. The number of fused-ring (bicyclic) bond motifs is 1. The molecule has 9 heteroatoms. The van der Waals surface area contributed by atoms with Crippen molar-refractivity contribution in [3.05, 3.63) is 45.3 Å². The molecule has 0 saturated heterocycles. The van der Waals surface area contributed by atoms with Crippen LogP contribution >= 0.6 is 0 Å². The van der Waals surface area contributed by atoms with Gasteiger partial charge in [-0.1, -0.05) is 0 Å². The molecule has 20 heavy (non-hydrogen) atoms. The fraction of sp³-hybridized carbons (Fsp3) is 0. The fourth-order valence-corrected chi connectivity index (χ4v) is 1.61. The highest BCUT2D eigenvalue weighted by Crippen LogP contribution is 2.23. The number of ketones is 1. The summed E-state index contributed by atoms with van der Waals surface area (Å²) in [5.41, 5.74) is -3.59. The summed E-state index contributed by atoms with van der Waals surface area (Å²) in [6.45, 7) is 0. The lowest BCUT2D eigenvalue weighted by molar-refractivity contribution is -0.131. The molecule has 0 aliphatic heterocycles. The van der Waals surface area contributed by atoms with E-state index >= 15 is 0 Å². The summed E-state index contributed by atoms with van der Waals surface area (Å²) >= 11 is 0. The number of H-pyrrole nitrogens is 1. The second kappa shape index (κ2) is 4.44. The van der Waals surface area contributed by atoms with Crippen molar-refractivity contribution in [2.75, 3.05) is 0 Å². The minimum Gasteiger partial charge on any atom is -0.475 e. The number of carbonyl (C=O) groups excluding carboxylic acids is 1. The Morgan fingerprint density at radius 3 is 2.10 bits per heavy atom. The normalized spacial score (nSPS) is 10.8. The number of aliphatic carboxylic acids is 1. The molecule has 0 aliphatic carbocycles. The molecule has 0 radical (unpaired) electrons. The van der Waals surface area contributed by atoms with Crippen LogP contribution in [0.2, 0.25) is 0 Å². The van der Waals surface area contributed by atoms with E-state index in [4.69, 9.17) is 5.11 Å². The number of hydrogen-bond donors (Lipinski definition) is 2. The minimum atomic E-state index is -2.24. The minimum absolute atomic E-state index is 0.487. The number of nitrogens with one attached hydrogen (secondary N) is 1. The van der Waals surface area contributed by atoms with Gasteiger partial charge in [-0.2, -0.15) is 0 Å². The molecular formula is C11H3F4NO4. The summed E-state index contributed by atoms with van der Waals surface area (Å²) < 4.78 is 52.9. The van der Waals surface area contributed by atoms with Crippen molar-refractivity contribution in [1.29, 1.82) is 0 Å². The summed E-state index contributed by atoms with van der Waals surface area (Å²) in [5, 5.41) is 7.18. The lowest BCUT2D eigenvalue weighted by atomic mass is 10.1. The Bertz CT molecular complexity index is 828. The number of rotatable bonds is 2. The predicted molar refractivity (Wildman–Crippen MR) is 56.4 cm³/mol. The second-order valence-corrected chi connectivity index (χ2v) is 3.67. The van der Waals surface area contributed by atoms with Gasteiger partial charge in [0.2, 0.25) is 5.43 Å². The van der Waals surface area contributed by atoms with Gasteiger partial charge in [0.05, 0.1) is 16.5 Å². The molecule has 0 atom stereocenters. The van der Waals surface area contributed by atoms with E-state index in [1.165, 1.54) is 0 Å². The van der Waals surface area contributed by atoms with Crippen LogP contribution in [-0.4, -0.2) is 21.8 Å². The van der Waals surface area contributed by atoms with Gasteiger partial charge in [-0.15, -0.1) is 0 Å². The van der Waals surface area contributed by atoms with Gasteiger partial charge >= 0.3 is 5.97 Å². The van der Waals surface area contributed by atoms with Crippen LogP contribution < -0.4 is 5.43 Å². The molecule has 0 amide bonds. The Hall–Kier alpha value is -2.71. The SMILES string of the molecule is O=C(O)C(=O)c1c[nH]c2c(F)c(F)c(F)c(F)c2c1=O. The molecule has 2 aromatic rings. The third-order valence-electron chi connectivity index (χ3n) is 2.54. The zero-order chi connectivity index (χ0) is 15.2. The first kappa shape index (κ1) is 13.7. The zero-order valence-corrected chi connectivity index (χ0v) is 9.26. The first-order valence-corrected chi connectivity index (χ1v) is 4.92. The smallest absolute Gasteiger partial charge is 0.377 e. The Morgan fingerprint density at radius 2 is 1.55 bits per heavy atom. The third kappa shape index (κ3) is 1.75. The van der Waals surface area contributed by atoms with E-state index in [9.17, 15) is 31.9 Å². The Kier molecular flexibility index (Phi) is 3.04. The van der Waals surface area contributed by atoms with E-state index in [0.29, 0.717) is 6.20 Å².